The summed E-state index contributed by atoms with van der Waals surface area (Å²) in [5.74, 6) is 0.370. The van der Waals surface area contributed by atoms with Crippen LogP contribution in [-0.2, 0) is 10.3 Å². The second-order valence-electron chi connectivity index (χ2n) is 6.62. The van der Waals surface area contributed by atoms with E-state index in [9.17, 15) is 5.11 Å². The Labute approximate surface area is 150 Å². The van der Waals surface area contributed by atoms with Gasteiger partial charge in [-0.15, -0.1) is 12.4 Å². The van der Waals surface area contributed by atoms with Crippen LogP contribution >= 0.6 is 24.0 Å². The summed E-state index contributed by atoms with van der Waals surface area (Å²) in [5, 5.41) is 12.2. The number of morpholine rings is 1. The van der Waals surface area contributed by atoms with E-state index in [2.05, 4.69) is 4.90 Å². The van der Waals surface area contributed by atoms with E-state index < -0.39 is 5.60 Å². The van der Waals surface area contributed by atoms with Crippen molar-refractivity contribution in [2.75, 3.05) is 32.8 Å². The Morgan fingerprint density at radius 1 is 1.13 bits per heavy atom. The third kappa shape index (κ3) is 4.61. The van der Waals surface area contributed by atoms with Gasteiger partial charge in [-0.3, -0.25) is 4.90 Å². The summed E-state index contributed by atoms with van der Waals surface area (Å²) in [6, 6.07) is 7.79. The summed E-state index contributed by atoms with van der Waals surface area (Å²) >= 11 is 6.02. The van der Waals surface area contributed by atoms with Gasteiger partial charge in [0.1, 0.15) is 0 Å². The van der Waals surface area contributed by atoms with Crippen LogP contribution in [0.4, 0.5) is 0 Å². The molecule has 2 fully saturated rings. The maximum atomic E-state index is 11.5. The third-order valence-electron chi connectivity index (χ3n) is 5.29. The molecule has 2 aliphatic rings. The molecule has 1 aliphatic heterocycles. The molecule has 3 nitrogen and oxygen atoms in total. The van der Waals surface area contributed by atoms with Gasteiger partial charge in [-0.2, -0.15) is 0 Å². The van der Waals surface area contributed by atoms with Crippen molar-refractivity contribution in [3.63, 3.8) is 0 Å². The largest absolute Gasteiger partial charge is 0.385 e. The molecule has 5 heteroatoms. The standard InChI is InChI=1S/C18H26ClNO2.ClH/c19-17-7-5-16(6-8-17)18(21,15-3-1-2-4-15)9-10-20-11-13-22-14-12-20;/h5-8,15,21H,1-4,9-14H2;1H. The summed E-state index contributed by atoms with van der Waals surface area (Å²) in [7, 11) is 0. The summed E-state index contributed by atoms with van der Waals surface area (Å²) in [5.41, 5.74) is 0.302. The van der Waals surface area contributed by atoms with Crippen LogP contribution in [0.25, 0.3) is 0 Å². The highest BCUT2D eigenvalue weighted by Crippen LogP contribution is 2.43. The Morgan fingerprint density at radius 2 is 1.74 bits per heavy atom. The minimum Gasteiger partial charge on any atom is -0.385 e. The lowest BCUT2D eigenvalue weighted by molar-refractivity contribution is -0.0449. The molecule has 130 valence electrons. The van der Waals surface area contributed by atoms with E-state index in [-0.39, 0.29) is 12.4 Å². The molecule has 23 heavy (non-hydrogen) atoms. The zero-order valence-corrected chi connectivity index (χ0v) is 15.1. The Morgan fingerprint density at radius 3 is 2.35 bits per heavy atom. The van der Waals surface area contributed by atoms with Gasteiger partial charge in [0.15, 0.2) is 0 Å². The molecule has 1 aromatic carbocycles. The summed E-state index contributed by atoms with van der Waals surface area (Å²) in [6.07, 6.45) is 5.51. The number of ether oxygens (including phenoxy) is 1. The summed E-state index contributed by atoms with van der Waals surface area (Å²) in [4.78, 5) is 2.40. The first kappa shape index (κ1) is 19.0. The first-order valence-electron chi connectivity index (χ1n) is 8.47. The Hall–Kier alpha value is -0.320. The maximum Gasteiger partial charge on any atom is 0.0936 e. The minimum atomic E-state index is -0.723. The van der Waals surface area contributed by atoms with E-state index in [1.54, 1.807) is 0 Å². The van der Waals surface area contributed by atoms with Crippen LogP contribution < -0.4 is 0 Å². The Balaban J connectivity index is 0.00000192. The van der Waals surface area contributed by atoms with Gasteiger partial charge < -0.3 is 9.84 Å². The monoisotopic (exact) mass is 359 g/mol. The molecule has 0 aromatic heterocycles. The van der Waals surface area contributed by atoms with E-state index in [1.807, 2.05) is 24.3 Å². The highest BCUT2D eigenvalue weighted by molar-refractivity contribution is 6.30. The molecule has 1 saturated heterocycles. The van der Waals surface area contributed by atoms with Crippen LogP contribution in [0.15, 0.2) is 24.3 Å². The van der Waals surface area contributed by atoms with Gasteiger partial charge in [-0.25, -0.2) is 0 Å². The number of aliphatic hydroxyl groups is 1. The van der Waals surface area contributed by atoms with E-state index >= 15 is 0 Å². The molecular formula is C18H27Cl2NO2. The van der Waals surface area contributed by atoms with Crippen molar-refractivity contribution in [3.05, 3.63) is 34.9 Å². The van der Waals surface area contributed by atoms with Crippen LogP contribution in [0, 0.1) is 5.92 Å². The van der Waals surface area contributed by atoms with Crippen LogP contribution in [0.5, 0.6) is 0 Å². The molecule has 1 heterocycles. The number of hydrogen-bond acceptors (Lipinski definition) is 3. The van der Waals surface area contributed by atoms with Gasteiger partial charge in [-0.05, 0) is 42.9 Å². The van der Waals surface area contributed by atoms with Crippen LogP contribution in [0.2, 0.25) is 5.02 Å². The Kier molecular flexibility index (Phi) is 7.18. The molecule has 0 radical (unpaired) electrons. The third-order valence-corrected chi connectivity index (χ3v) is 5.54. The van der Waals surface area contributed by atoms with Crippen molar-refractivity contribution in [1.82, 2.24) is 4.90 Å². The van der Waals surface area contributed by atoms with Gasteiger partial charge in [0.25, 0.3) is 0 Å². The second kappa shape index (κ2) is 8.68. The number of halogens is 2. The molecule has 0 amide bonds. The lowest BCUT2D eigenvalue weighted by Gasteiger charge is -2.37. The van der Waals surface area contributed by atoms with E-state index in [4.69, 9.17) is 16.3 Å². The lowest BCUT2D eigenvalue weighted by atomic mass is 9.77. The number of rotatable bonds is 5. The second-order valence-corrected chi connectivity index (χ2v) is 7.05. The summed E-state index contributed by atoms with van der Waals surface area (Å²) in [6.45, 7) is 4.49. The number of nitrogens with zero attached hydrogens (tertiary/aromatic N) is 1. The van der Waals surface area contributed by atoms with Crippen LogP contribution in [0.3, 0.4) is 0 Å². The SMILES string of the molecule is Cl.OC(CCN1CCOCC1)(c1ccc(Cl)cc1)C1CCCC1. The van der Waals surface area contributed by atoms with Crippen molar-refractivity contribution >= 4 is 24.0 Å². The van der Waals surface area contributed by atoms with Gasteiger partial charge in [0.05, 0.1) is 18.8 Å². The smallest absolute Gasteiger partial charge is 0.0936 e. The maximum absolute atomic E-state index is 11.5. The van der Waals surface area contributed by atoms with Crippen molar-refractivity contribution in [1.29, 1.82) is 0 Å². The fourth-order valence-corrected chi connectivity index (χ4v) is 4.01. The van der Waals surface area contributed by atoms with Gasteiger partial charge in [0.2, 0.25) is 0 Å². The molecule has 1 N–H and O–H groups in total. The van der Waals surface area contributed by atoms with E-state index in [1.165, 1.54) is 12.8 Å². The number of benzene rings is 1. The molecular weight excluding hydrogens is 333 g/mol. The predicted octanol–water partition coefficient (Wildman–Crippen LogP) is 3.86. The fourth-order valence-electron chi connectivity index (χ4n) is 3.88. The van der Waals surface area contributed by atoms with Crippen LogP contribution in [0.1, 0.15) is 37.7 Å². The normalized spacial score (nSPS) is 22.5. The molecule has 1 saturated carbocycles. The van der Waals surface area contributed by atoms with Crippen molar-refractivity contribution in [2.24, 2.45) is 5.92 Å². The molecule has 1 unspecified atom stereocenters. The molecule has 1 atom stereocenters. The van der Waals surface area contributed by atoms with Crippen LogP contribution in [-0.4, -0.2) is 42.9 Å². The highest BCUT2D eigenvalue weighted by atomic mass is 35.5. The van der Waals surface area contributed by atoms with Crippen molar-refractivity contribution in [2.45, 2.75) is 37.7 Å². The van der Waals surface area contributed by atoms with Gasteiger partial charge in [0, 0.05) is 24.7 Å². The van der Waals surface area contributed by atoms with E-state index in [0.29, 0.717) is 5.92 Å². The molecule has 1 aromatic rings. The predicted molar refractivity (Wildman–Crippen MR) is 96.4 cm³/mol. The average molecular weight is 360 g/mol. The molecule has 3 rings (SSSR count). The van der Waals surface area contributed by atoms with Crippen molar-refractivity contribution in [3.8, 4) is 0 Å². The quantitative estimate of drug-likeness (QED) is 0.866. The van der Waals surface area contributed by atoms with Gasteiger partial charge >= 0.3 is 0 Å². The molecule has 0 bridgehead atoms. The summed E-state index contributed by atoms with van der Waals surface area (Å²) < 4.78 is 5.41. The van der Waals surface area contributed by atoms with Crippen molar-refractivity contribution < 1.29 is 9.84 Å². The van der Waals surface area contributed by atoms with E-state index in [0.717, 1.165) is 62.7 Å². The zero-order chi connectivity index (χ0) is 15.4. The fraction of sp³-hybridized carbons (Fsp3) is 0.667. The lowest BCUT2D eigenvalue weighted by Crippen LogP contribution is -2.42. The minimum absolute atomic E-state index is 0. The first-order valence-corrected chi connectivity index (χ1v) is 8.85. The average Bonchev–Trinajstić information content (AvgIpc) is 3.09. The highest BCUT2D eigenvalue weighted by Gasteiger charge is 2.39. The topological polar surface area (TPSA) is 32.7 Å². The Bertz CT molecular complexity index is 470. The van der Waals surface area contributed by atoms with Gasteiger partial charge in [-0.1, -0.05) is 36.6 Å². The molecule has 0 spiro atoms. The molecule has 1 aliphatic carbocycles. The number of hydrogen-bond donors (Lipinski definition) is 1. The zero-order valence-electron chi connectivity index (χ0n) is 13.5. The first-order chi connectivity index (χ1) is 10.7.